The van der Waals surface area contributed by atoms with Crippen LogP contribution in [0.5, 0.6) is 5.75 Å². The van der Waals surface area contributed by atoms with Gasteiger partial charge < -0.3 is 14.7 Å². The largest absolute Gasteiger partial charge is 0.507 e. The molecule has 0 aliphatic carbocycles. The number of nitrogens with zero attached hydrogens (tertiary/aromatic N) is 2. The number of carbonyl (C=O) groups is 1. The lowest BCUT2D eigenvalue weighted by molar-refractivity contribution is 0.0198. The molecule has 1 aromatic heterocycles. The number of benzene rings is 1. The molecular weight excluding hydrogens is 416 g/mol. The number of nitrogens with one attached hydrogen (secondary N) is 2. The molecule has 2 aliphatic heterocycles. The molecule has 3 N–H and O–H groups in total. The van der Waals surface area contributed by atoms with Crippen LogP contribution in [0.25, 0.3) is 11.3 Å². The lowest BCUT2D eigenvalue weighted by Gasteiger charge is -2.35. The Morgan fingerprint density at radius 2 is 2.10 bits per heavy atom. The molecule has 1 amide bonds. The minimum atomic E-state index is -1.42. The summed E-state index contributed by atoms with van der Waals surface area (Å²) in [7, 11) is 0. The van der Waals surface area contributed by atoms with Gasteiger partial charge in [-0.15, -0.1) is 0 Å². The van der Waals surface area contributed by atoms with Crippen LogP contribution >= 0.6 is 0 Å². The maximum absolute atomic E-state index is 12.6. The minimum Gasteiger partial charge on any atom is -0.507 e. The van der Waals surface area contributed by atoms with Gasteiger partial charge in [0.15, 0.2) is 11.2 Å². The second kappa shape index (κ2) is 8.47. The van der Waals surface area contributed by atoms with E-state index in [0.29, 0.717) is 36.7 Å². The monoisotopic (exact) mass is 444 g/mol. The number of carbonyl (C=O) groups excluding carboxylic acids is 1. The first-order chi connectivity index (χ1) is 14.7. The van der Waals surface area contributed by atoms with Crippen LogP contribution in [0.2, 0.25) is 0 Å². The van der Waals surface area contributed by atoms with Crippen LogP contribution in [-0.4, -0.2) is 44.0 Å². The molecular formula is C22H28N4O4S. The molecule has 3 heterocycles. The molecule has 2 unspecified atom stereocenters. The Balaban J connectivity index is 1.70. The summed E-state index contributed by atoms with van der Waals surface area (Å²) < 4.78 is 23.4. The summed E-state index contributed by atoms with van der Waals surface area (Å²) in [4.78, 5) is 19.0. The first-order valence-electron chi connectivity index (χ1n) is 10.4. The number of amides is 1. The topological polar surface area (TPSA) is 104 Å². The highest BCUT2D eigenvalue weighted by Crippen LogP contribution is 2.38. The van der Waals surface area contributed by atoms with E-state index < -0.39 is 16.8 Å². The van der Waals surface area contributed by atoms with Gasteiger partial charge in [-0.3, -0.25) is 4.72 Å². The van der Waals surface area contributed by atoms with Gasteiger partial charge in [-0.2, -0.15) is 0 Å². The Kier molecular flexibility index (Phi) is 5.90. The highest BCUT2D eigenvalue weighted by atomic mass is 32.2. The lowest BCUT2D eigenvalue weighted by atomic mass is 9.87. The number of rotatable bonds is 2. The molecule has 1 aromatic carbocycles. The number of para-hydroxylation sites is 1. The van der Waals surface area contributed by atoms with E-state index in [0.717, 1.165) is 24.0 Å². The number of hydrogen-bond acceptors (Lipinski definition) is 5. The predicted molar refractivity (Wildman–Crippen MR) is 120 cm³/mol. The van der Waals surface area contributed by atoms with Gasteiger partial charge in [0.05, 0.1) is 5.69 Å². The van der Waals surface area contributed by atoms with E-state index in [9.17, 15) is 14.1 Å². The van der Waals surface area contributed by atoms with Crippen molar-refractivity contribution < 1.29 is 18.8 Å². The number of phenols is 1. The maximum Gasteiger partial charge on any atom is 0.410 e. The number of anilines is 1. The first kappa shape index (κ1) is 21.6. The second-order valence-corrected chi connectivity index (χ2v) is 9.93. The van der Waals surface area contributed by atoms with E-state index in [4.69, 9.17) is 4.74 Å². The van der Waals surface area contributed by atoms with Crippen molar-refractivity contribution >= 4 is 23.1 Å². The molecule has 8 nitrogen and oxygen atoms in total. The van der Waals surface area contributed by atoms with E-state index in [1.807, 2.05) is 32.9 Å². The molecule has 0 saturated carbocycles. The normalized spacial score (nSPS) is 21.2. The minimum absolute atomic E-state index is 0.0813. The molecule has 9 heteroatoms. The van der Waals surface area contributed by atoms with E-state index in [1.54, 1.807) is 23.1 Å². The van der Waals surface area contributed by atoms with Crippen molar-refractivity contribution in [3.8, 4) is 17.0 Å². The zero-order valence-electron chi connectivity index (χ0n) is 18.0. The summed E-state index contributed by atoms with van der Waals surface area (Å²) in [6.07, 6.45) is 1.47. The van der Waals surface area contributed by atoms with Gasteiger partial charge in [-0.1, -0.05) is 12.1 Å². The third-order valence-corrected chi connectivity index (χ3v) is 6.21. The van der Waals surface area contributed by atoms with Gasteiger partial charge in [0, 0.05) is 36.7 Å². The summed E-state index contributed by atoms with van der Waals surface area (Å²) in [6.45, 7) is 7.20. The summed E-state index contributed by atoms with van der Waals surface area (Å²) in [5, 5.41) is 10.3. The Morgan fingerprint density at radius 1 is 1.32 bits per heavy atom. The molecule has 31 heavy (non-hydrogen) atoms. The zero-order chi connectivity index (χ0) is 22.2. The molecule has 2 atom stereocenters. The van der Waals surface area contributed by atoms with Crippen molar-refractivity contribution in [1.29, 1.82) is 0 Å². The molecule has 1 fully saturated rings. The van der Waals surface area contributed by atoms with E-state index in [1.165, 1.54) is 0 Å². The Morgan fingerprint density at radius 3 is 2.84 bits per heavy atom. The Bertz CT molecular complexity index is 1020. The van der Waals surface area contributed by atoms with Crippen molar-refractivity contribution in [2.75, 3.05) is 17.8 Å². The Hall–Kier alpha value is -2.65. The van der Waals surface area contributed by atoms with Crippen LogP contribution in [0.4, 0.5) is 10.6 Å². The molecule has 2 aliphatic rings. The van der Waals surface area contributed by atoms with Crippen LogP contribution in [0.1, 0.15) is 50.7 Å². The maximum atomic E-state index is 12.6. The molecule has 0 radical (unpaired) electrons. The quantitative estimate of drug-likeness (QED) is 0.656. The van der Waals surface area contributed by atoms with Gasteiger partial charge >= 0.3 is 6.09 Å². The fourth-order valence-electron chi connectivity index (χ4n) is 4.04. The summed E-state index contributed by atoms with van der Waals surface area (Å²) in [5.41, 5.74) is 2.64. The number of aromatic hydroxyl groups is 1. The SMILES string of the molecule is CC(C)(C)OC(=O)N1CCCC(c2cc(-c3ccccc3O)nc3c2CNS(=O)N3)C1. The van der Waals surface area contributed by atoms with Crippen LogP contribution in [0.15, 0.2) is 30.3 Å². The van der Waals surface area contributed by atoms with Gasteiger partial charge in [0.25, 0.3) is 0 Å². The molecule has 2 aromatic rings. The van der Waals surface area contributed by atoms with Crippen molar-refractivity contribution in [2.24, 2.45) is 0 Å². The second-order valence-electron chi connectivity index (χ2n) is 8.90. The molecule has 1 saturated heterocycles. The van der Waals surface area contributed by atoms with Gasteiger partial charge in [-0.05, 0) is 57.4 Å². The number of phenolic OH excluding ortho intramolecular Hbond substituents is 1. The fourth-order valence-corrected chi connectivity index (χ4v) is 4.73. The van der Waals surface area contributed by atoms with Crippen molar-refractivity contribution in [3.63, 3.8) is 0 Å². The zero-order valence-corrected chi connectivity index (χ0v) is 18.8. The Labute approximate surface area is 184 Å². The number of ether oxygens (including phenoxy) is 1. The number of piperidine rings is 1. The number of aromatic nitrogens is 1. The molecule has 0 bridgehead atoms. The van der Waals surface area contributed by atoms with Crippen LogP contribution < -0.4 is 9.44 Å². The highest BCUT2D eigenvalue weighted by molar-refractivity contribution is 7.84. The number of likely N-dealkylation sites (tertiary alicyclic amines) is 1. The molecule has 0 spiro atoms. The lowest BCUT2D eigenvalue weighted by Crippen LogP contribution is -2.42. The van der Waals surface area contributed by atoms with Gasteiger partial charge in [0.1, 0.15) is 17.2 Å². The summed E-state index contributed by atoms with van der Waals surface area (Å²) >= 11 is -1.42. The number of hydrogen-bond donors (Lipinski definition) is 3. The highest BCUT2D eigenvalue weighted by Gasteiger charge is 2.31. The average Bonchev–Trinajstić information content (AvgIpc) is 2.72. The fraction of sp³-hybridized carbons (Fsp3) is 0.455. The number of pyridine rings is 1. The summed E-state index contributed by atoms with van der Waals surface area (Å²) in [6, 6.07) is 9.01. The van der Waals surface area contributed by atoms with Crippen LogP contribution in [0, 0.1) is 0 Å². The van der Waals surface area contributed by atoms with Gasteiger partial charge in [-0.25, -0.2) is 18.7 Å². The van der Waals surface area contributed by atoms with E-state index in [2.05, 4.69) is 14.4 Å². The van der Waals surface area contributed by atoms with Crippen molar-refractivity contribution in [1.82, 2.24) is 14.6 Å². The van der Waals surface area contributed by atoms with Gasteiger partial charge in [0.2, 0.25) is 0 Å². The number of fused-ring (bicyclic) bond motifs is 1. The van der Waals surface area contributed by atoms with E-state index >= 15 is 0 Å². The summed E-state index contributed by atoms with van der Waals surface area (Å²) in [5.74, 6) is 0.759. The smallest absolute Gasteiger partial charge is 0.410 e. The molecule has 4 rings (SSSR count). The van der Waals surface area contributed by atoms with Crippen molar-refractivity contribution in [3.05, 3.63) is 41.5 Å². The molecule has 166 valence electrons. The van der Waals surface area contributed by atoms with Crippen molar-refractivity contribution in [2.45, 2.75) is 51.7 Å². The van der Waals surface area contributed by atoms with Crippen LogP contribution in [-0.2, 0) is 22.5 Å². The van der Waals surface area contributed by atoms with E-state index in [-0.39, 0.29) is 17.8 Å². The first-order valence-corrected chi connectivity index (χ1v) is 11.6. The van der Waals surface area contributed by atoms with Crippen LogP contribution in [0.3, 0.4) is 0 Å². The third kappa shape index (κ3) is 4.83. The standard InChI is InChI=1S/C22H28N4O4S/c1-22(2,3)30-21(28)26-10-6-7-14(13-26)16-11-18(15-8-4-5-9-19(15)27)24-20-17(16)12-23-31(29)25-20/h4-5,8-9,11,14,23,27H,6-7,10,12-13H2,1-3H3,(H,24,25). The third-order valence-electron chi connectivity index (χ3n) is 5.42. The average molecular weight is 445 g/mol. The predicted octanol–water partition coefficient (Wildman–Crippen LogP) is 3.66.